The predicted molar refractivity (Wildman–Crippen MR) is 102 cm³/mol. The van der Waals surface area contributed by atoms with Crippen LogP contribution in [0.5, 0.6) is 0 Å². The Bertz CT molecular complexity index is 978. The number of rotatable bonds is 3. The van der Waals surface area contributed by atoms with Gasteiger partial charge < -0.3 is 10.6 Å². The quantitative estimate of drug-likeness (QED) is 0.771. The van der Waals surface area contributed by atoms with Gasteiger partial charge in [0.2, 0.25) is 5.91 Å². The highest BCUT2D eigenvalue weighted by Gasteiger charge is 2.55. The highest BCUT2D eigenvalue weighted by molar-refractivity contribution is 6.42. The summed E-state index contributed by atoms with van der Waals surface area (Å²) >= 11 is 11.8. The summed E-state index contributed by atoms with van der Waals surface area (Å²) in [6.07, 6.45) is 1.19. The van der Waals surface area contributed by atoms with E-state index in [0.29, 0.717) is 28.6 Å². The molecule has 1 fully saturated rings. The number of nitrogens with zero attached hydrogens (tertiary/aromatic N) is 1. The zero-order chi connectivity index (χ0) is 19.2. The van der Waals surface area contributed by atoms with E-state index < -0.39 is 23.4 Å². The summed E-state index contributed by atoms with van der Waals surface area (Å²) < 4.78 is 0. The Kier molecular flexibility index (Phi) is 4.32. The fourth-order valence-electron chi connectivity index (χ4n) is 3.65. The van der Waals surface area contributed by atoms with Crippen molar-refractivity contribution in [3.63, 3.8) is 0 Å². The number of halogens is 2. The molecule has 138 valence electrons. The first-order chi connectivity index (χ1) is 12.9. The molecular formula is C19H15Cl2N3O3. The highest BCUT2D eigenvalue weighted by Crippen LogP contribution is 2.41. The molecule has 0 aromatic heterocycles. The fourth-order valence-corrected chi connectivity index (χ4v) is 3.95. The third kappa shape index (κ3) is 2.95. The molecule has 1 saturated heterocycles. The van der Waals surface area contributed by atoms with E-state index >= 15 is 0 Å². The number of nitrogens with one attached hydrogen (secondary N) is 2. The van der Waals surface area contributed by atoms with Gasteiger partial charge in [-0.05, 0) is 42.2 Å². The second-order valence-electron chi connectivity index (χ2n) is 6.56. The minimum absolute atomic E-state index is 0.297. The number of imide groups is 1. The summed E-state index contributed by atoms with van der Waals surface area (Å²) in [6.45, 7) is -0.380. The van der Waals surface area contributed by atoms with Crippen molar-refractivity contribution in [1.29, 1.82) is 0 Å². The van der Waals surface area contributed by atoms with Crippen molar-refractivity contribution in [2.75, 3.05) is 11.9 Å². The van der Waals surface area contributed by atoms with E-state index in [2.05, 4.69) is 10.6 Å². The van der Waals surface area contributed by atoms with Crippen molar-refractivity contribution in [3.05, 3.63) is 63.6 Å². The SMILES string of the molecule is O=C(CN1C(=O)N[C@@]2(CCc3ccccc32)C1=O)Nc1ccc(Cl)c(Cl)c1. The van der Waals surface area contributed by atoms with Gasteiger partial charge in [0.1, 0.15) is 12.1 Å². The molecule has 1 heterocycles. The van der Waals surface area contributed by atoms with Gasteiger partial charge in [0.15, 0.2) is 0 Å². The number of hydrogen-bond donors (Lipinski definition) is 2. The number of aryl methyl sites for hydroxylation is 1. The van der Waals surface area contributed by atoms with Crippen LogP contribution in [0.3, 0.4) is 0 Å². The van der Waals surface area contributed by atoms with Gasteiger partial charge in [-0.2, -0.15) is 0 Å². The van der Waals surface area contributed by atoms with E-state index in [1.807, 2.05) is 24.3 Å². The second-order valence-corrected chi connectivity index (χ2v) is 7.38. The minimum Gasteiger partial charge on any atom is -0.324 e. The lowest BCUT2D eigenvalue weighted by Crippen LogP contribution is -2.42. The van der Waals surface area contributed by atoms with Crippen LogP contribution in [-0.2, 0) is 21.5 Å². The van der Waals surface area contributed by atoms with Crippen LogP contribution in [0.4, 0.5) is 10.5 Å². The third-order valence-corrected chi connectivity index (χ3v) is 5.67. The van der Waals surface area contributed by atoms with Crippen molar-refractivity contribution in [2.45, 2.75) is 18.4 Å². The monoisotopic (exact) mass is 403 g/mol. The van der Waals surface area contributed by atoms with Gasteiger partial charge >= 0.3 is 6.03 Å². The first-order valence-corrected chi connectivity index (χ1v) is 9.14. The van der Waals surface area contributed by atoms with Crippen molar-refractivity contribution in [1.82, 2.24) is 10.2 Å². The maximum absolute atomic E-state index is 13.0. The molecule has 0 unspecified atom stereocenters. The van der Waals surface area contributed by atoms with Crippen molar-refractivity contribution < 1.29 is 14.4 Å². The first kappa shape index (κ1) is 17.8. The molecule has 1 spiro atoms. The summed E-state index contributed by atoms with van der Waals surface area (Å²) in [7, 11) is 0. The molecule has 1 atom stereocenters. The van der Waals surface area contributed by atoms with Crippen LogP contribution in [0.2, 0.25) is 10.0 Å². The number of urea groups is 1. The number of fused-ring (bicyclic) bond motifs is 2. The number of carbonyl (C=O) groups is 3. The maximum atomic E-state index is 13.0. The Labute approximate surface area is 165 Å². The number of amides is 4. The Morgan fingerprint density at radius 3 is 2.70 bits per heavy atom. The number of carbonyl (C=O) groups excluding carboxylic acids is 3. The van der Waals surface area contributed by atoms with Crippen LogP contribution in [0, 0.1) is 0 Å². The minimum atomic E-state index is -1.07. The second kappa shape index (κ2) is 6.55. The molecule has 0 radical (unpaired) electrons. The molecule has 8 heteroatoms. The summed E-state index contributed by atoms with van der Waals surface area (Å²) in [6, 6.07) is 11.6. The Morgan fingerprint density at radius 2 is 1.93 bits per heavy atom. The van der Waals surface area contributed by atoms with E-state index in [9.17, 15) is 14.4 Å². The van der Waals surface area contributed by atoms with E-state index in [1.165, 1.54) is 6.07 Å². The molecule has 27 heavy (non-hydrogen) atoms. The molecule has 2 aliphatic rings. The van der Waals surface area contributed by atoms with Gasteiger partial charge in [0.25, 0.3) is 5.91 Å². The summed E-state index contributed by atoms with van der Waals surface area (Å²) in [4.78, 5) is 38.7. The van der Waals surface area contributed by atoms with E-state index in [1.54, 1.807) is 12.1 Å². The van der Waals surface area contributed by atoms with Gasteiger partial charge in [-0.3, -0.25) is 14.5 Å². The van der Waals surface area contributed by atoms with Gasteiger partial charge in [-0.25, -0.2) is 4.79 Å². The maximum Gasteiger partial charge on any atom is 0.325 e. The van der Waals surface area contributed by atoms with E-state index in [-0.39, 0.29) is 6.54 Å². The van der Waals surface area contributed by atoms with Gasteiger partial charge in [0.05, 0.1) is 10.0 Å². The lowest BCUT2D eigenvalue weighted by Gasteiger charge is -2.22. The lowest BCUT2D eigenvalue weighted by molar-refractivity contribution is -0.134. The van der Waals surface area contributed by atoms with Crippen LogP contribution in [0.1, 0.15) is 17.5 Å². The number of benzene rings is 2. The summed E-state index contributed by atoms with van der Waals surface area (Å²) in [5, 5.41) is 6.07. The van der Waals surface area contributed by atoms with Crippen LogP contribution in [0.15, 0.2) is 42.5 Å². The molecule has 2 N–H and O–H groups in total. The molecule has 0 saturated carbocycles. The molecule has 6 nitrogen and oxygen atoms in total. The normalized spacial score (nSPS) is 20.7. The molecule has 4 rings (SSSR count). The number of anilines is 1. The molecular weight excluding hydrogens is 389 g/mol. The van der Waals surface area contributed by atoms with Crippen LogP contribution >= 0.6 is 23.2 Å². The Hall–Kier alpha value is -2.57. The largest absolute Gasteiger partial charge is 0.325 e. The average molecular weight is 404 g/mol. The Morgan fingerprint density at radius 1 is 1.15 bits per heavy atom. The zero-order valence-corrected chi connectivity index (χ0v) is 15.6. The Balaban J connectivity index is 1.52. The molecule has 4 amide bonds. The van der Waals surface area contributed by atoms with Crippen LogP contribution in [0.25, 0.3) is 0 Å². The van der Waals surface area contributed by atoms with Crippen molar-refractivity contribution in [2.24, 2.45) is 0 Å². The van der Waals surface area contributed by atoms with Crippen molar-refractivity contribution >= 4 is 46.7 Å². The van der Waals surface area contributed by atoms with Crippen LogP contribution < -0.4 is 10.6 Å². The van der Waals surface area contributed by atoms with Gasteiger partial charge in [-0.15, -0.1) is 0 Å². The summed E-state index contributed by atoms with van der Waals surface area (Å²) in [5.74, 6) is -0.901. The standard InChI is InChI=1S/C19H15Cl2N3O3/c20-14-6-5-12(9-15(14)21)22-16(25)10-24-17(26)19(23-18(24)27)8-7-11-3-1-2-4-13(11)19/h1-6,9H,7-8,10H2,(H,22,25)(H,23,27)/t19-/m1/s1. The highest BCUT2D eigenvalue weighted by atomic mass is 35.5. The molecule has 1 aliphatic heterocycles. The van der Waals surface area contributed by atoms with E-state index in [4.69, 9.17) is 23.2 Å². The first-order valence-electron chi connectivity index (χ1n) is 8.38. The molecule has 0 bridgehead atoms. The lowest BCUT2D eigenvalue weighted by atomic mass is 9.92. The average Bonchev–Trinajstić information content (AvgIpc) is 3.12. The summed E-state index contributed by atoms with van der Waals surface area (Å²) in [5.41, 5.74) is 1.20. The van der Waals surface area contributed by atoms with Gasteiger partial charge in [-0.1, -0.05) is 47.5 Å². The van der Waals surface area contributed by atoms with E-state index in [0.717, 1.165) is 16.0 Å². The molecule has 2 aromatic carbocycles. The van der Waals surface area contributed by atoms with Crippen LogP contribution in [-0.4, -0.2) is 29.3 Å². The topological polar surface area (TPSA) is 78.5 Å². The third-order valence-electron chi connectivity index (χ3n) is 4.93. The number of hydrogen-bond acceptors (Lipinski definition) is 3. The zero-order valence-electron chi connectivity index (χ0n) is 14.1. The fraction of sp³-hybridized carbons (Fsp3) is 0.211. The molecule has 2 aromatic rings. The predicted octanol–water partition coefficient (Wildman–Crippen LogP) is 3.33. The molecule has 1 aliphatic carbocycles. The van der Waals surface area contributed by atoms with Crippen molar-refractivity contribution in [3.8, 4) is 0 Å². The smallest absolute Gasteiger partial charge is 0.324 e. The van der Waals surface area contributed by atoms with Gasteiger partial charge in [0, 0.05) is 5.69 Å².